The van der Waals surface area contributed by atoms with Crippen molar-refractivity contribution in [2.45, 2.75) is 30.7 Å². The molecule has 1 aliphatic rings. The minimum absolute atomic E-state index is 0.0298. The van der Waals surface area contributed by atoms with Crippen LogP contribution in [-0.4, -0.2) is 73.1 Å². The van der Waals surface area contributed by atoms with Crippen molar-refractivity contribution in [1.82, 2.24) is 0 Å². The number of aromatic hydroxyl groups is 3. The zero-order valence-electron chi connectivity index (χ0n) is 16.3. The second-order valence-electron chi connectivity index (χ2n) is 7.31. The lowest BCUT2D eigenvalue weighted by atomic mass is 9.99. The summed E-state index contributed by atoms with van der Waals surface area (Å²) in [5, 5.41) is 68.4. The molecule has 11 heteroatoms. The summed E-state index contributed by atoms with van der Waals surface area (Å²) in [5.41, 5.74) is -0.424. The molecule has 0 aliphatic carbocycles. The fourth-order valence-electron chi connectivity index (χ4n) is 3.44. The van der Waals surface area contributed by atoms with Crippen molar-refractivity contribution in [3.05, 3.63) is 46.6 Å². The zero-order chi connectivity index (χ0) is 23.2. The maximum Gasteiger partial charge on any atom is 0.229 e. The normalized spacial score (nSPS) is 25.7. The first kappa shape index (κ1) is 21.9. The molecule has 0 radical (unpaired) electrons. The molecule has 3 aromatic rings. The predicted molar refractivity (Wildman–Crippen MR) is 107 cm³/mol. The van der Waals surface area contributed by atoms with Crippen molar-refractivity contribution < 1.29 is 49.6 Å². The smallest absolute Gasteiger partial charge is 0.229 e. The molecule has 170 valence electrons. The van der Waals surface area contributed by atoms with Crippen molar-refractivity contribution >= 4 is 11.0 Å². The van der Waals surface area contributed by atoms with Crippen LogP contribution in [0.2, 0.25) is 0 Å². The molecule has 1 fully saturated rings. The third-order valence-corrected chi connectivity index (χ3v) is 5.13. The van der Waals surface area contributed by atoms with Gasteiger partial charge >= 0.3 is 0 Å². The number of ether oxygens (including phenoxy) is 2. The summed E-state index contributed by atoms with van der Waals surface area (Å²) in [4.78, 5) is 12.9. The molecule has 0 saturated carbocycles. The maximum atomic E-state index is 12.9. The molecule has 32 heavy (non-hydrogen) atoms. The zero-order valence-corrected chi connectivity index (χ0v) is 16.3. The number of aliphatic hydroxyl groups excluding tert-OH is 4. The third kappa shape index (κ3) is 3.83. The summed E-state index contributed by atoms with van der Waals surface area (Å²) in [6.45, 7) is -0.670. The van der Waals surface area contributed by atoms with Gasteiger partial charge in [0.05, 0.1) is 6.61 Å². The summed E-state index contributed by atoms with van der Waals surface area (Å²) in [5.74, 6) is -1.34. The maximum absolute atomic E-state index is 12.9. The summed E-state index contributed by atoms with van der Waals surface area (Å²) < 4.78 is 16.5. The molecule has 0 spiro atoms. The Morgan fingerprint density at radius 2 is 1.66 bits per heavy atom. The number of hydrogen-bond acceptors (Lipinski definition) is 11. The van der Waals surface area contributed by atoms with Crippen molar-refractivity contribution in [3.63, 3.8) is 0 Å². The van der Waals surface area contributed by atoms with Crippen LogP contribution in [-0.2, 0) is 4.74 Å². The summed E-state index contributed by atoms with van der Waals surface area (Å²) in [6, 6.07) is 7.14. The third-order valence-electron chi connectivity index (χ3n) is 5.13. The molecular weight excluding hydrogens is 428 g/mol. The number of phenolic OH excluding ortho intramolecular Hbond substituents is 3. The van der Waals surface area contributed by atoms with E-state index < -0.39 is 48.5 Å². The molecule has 1 aromatic heterocycles. The highest BCUT2D eigenvalue weighted by Gasteiger charge is 2.45. The van der Waals surface area contributed by atoms with Crippen LogP contribution in [0, 0.1) is 0 Å². The van der Waals surface area contributed by atoms with Gasteiger partial charge < -0.3 is 49.6 Å². The van der Waals surface area contributed by atoms with Gasteiger partial charge in [0.15, 0.2) is 16.9 Å². The Morgan fingerprint density at radius 3 is 2.34 bits per heavy atom. The molecule has 1 aliphatic heterocycles. The van der Waals surface area contributed by atoms with Crippen molar-refractivity contribution in [3.8, 4) is 34.3 Å². The highest BCUT2D eigenvalue weighted by molar-refractivity contribution is 5.86. The van der Waals surface area contributed by atoms with Crippen LogP contribution in [0.25, 0.3) is 22.3 Å². The Hall–Kier alpha value is -3.35. The van der Waals surface area contributed by atoms with Crippen molar-refractivity contribution in [2.24, 2.45) is 0 Å². The van der Waals surface area contributed by atoms with Gasteiger partial charge in [-0.25, -0.2) is 0 Å². The highest BCUT2D eigenvalue weighted by atomic mass is 16.7. The number of rotatable bonds is 4. The molecule has 5 atom stereocenters. The van der Waals surface area contributed by atoms with E-state index in [1.807, 2.05) is 0 Å². The fraction of sp³-hybridized carbons (Fsp3) is 0.286. The van der Waals surface area contributed by atoms with Crippen LogP contribution in [0.15, 0.2) is 45.6 Å². The van der Waals surface area contributed by atoms with E-state index >= 15 is 0 Å². The lowest BCUT2D eigenvalue weighted by molar-refractivity contribution is -0.277. The van der Waals surface area contributed by atoms with Crippen LogP contribution >= 0.6 is 0 Å². The van der Waals surface area contributed by atoms with Gasteiger partial charge in [-0.1, -0.05) is 0 Å². The van der Waals surface area contributed by atoms with Gasteiger partial charge in [0.2, 0.25) is 6.29 Å². The minimum Gasteiger partial charge on any atom is -0.508 e. The number of phenols is 3. The molecule has 2 heterocycles. The van der Waals surface area contributed by atoms with Gasteiger partial charge in [0.25, 0.3) is 0 Å². The van der Waals surface area contributed by atoms with E-state index in [1.165, 1.54) is 18.2 Å². The number of aliphatic hydroxyl groups is 4. The fourth-order valence-corrected chi connectivity index (χ4v) is 3.44. The predicted octanol–water partition coefficient (Wildman–Crippen LogP) is -0.245. The van der Waals surface area contributed by atoms with Crippen LogP contribution in [0.3, 0.4) is 0 Å². The molecular formula is C21H20O11. The van der Waals surface area contributed by atoms with Crippen molar-refractivity contribution in [2.75, 3.05) is 6.61 Å². The van der Waals surface area contributed by atoms with E-state index in [0.717, 1.165) is 18.2 Å². The van der Waals surface area contributed by atoms with Crippen LogP contribution in [0.1, 0.15) is 0 Å². The lowest BCUT2D eigenvalue weighted by Gasteiger charge is -2.39. The SMILES string of the molecule is O=c1cc(-c2ccc(O)c(O)c2)oc2cc(O)cc(O[C@@H]3O[C@H](CO)[C@@H](O)[C@H](O)[C@H]3O)c12. The van der Waals surface area contributed by atoms with Crippen LogP contribution in [0.4, 0.5) is 0 Å². The Balaban J connectivity index is 1.76. The van der Waals surface area contributed by atoms with E-state index in [1.54, 1.807) is 0 Å². The monoisotopic (exact) mass is 448 g/mol. The first-order valence-electron chi connectivity index (χ1n) is 9.50. The van der Waals surface area contributed by atoms with Gasteiger partial charge in [0, 0.05) is 23.8 Å². The first-order chi connectivity index (χ1) is 15.2. The molecule has 2 aromatic carbocycles. The van der Waals surface area contributed by atoms with E-state index in [0.29, 0.717) is 0 Å². The topological polar surface area (TPSA) is 190 Å². The standard InChI is InChI=1S/C21H20O11/c22-7-16-18(27)19(28)20(29)21(32-16)31-15-5-9(23)4-14-17(15)12(26)6-13(30-14)8-1-2-10(24)11(25)3-8/h1-6,16,18-25,27-29H,7H2/t16-,18-,19+,20-,21-/m1/s1. The summed E-state index contributed by atoms with van der Waals surface area (Å²) in [7, 11) is 0. The minimum atomic E-state index is -1.73. The average molecular weight is 448 g/mol. The molecule has 0 bridgehead atoms. The summed E-state index contributed by atoms with van der Waals surface area (Å²) in [6.07, 6.45) is -7.82. The second kappa shape index (κ2) is 8.30. The van der Waals surface area contributed by atoms with Crippen LogP contribution < -0.4 is 10.2 Å². The van der Waals surface area contributed by atoms with E-state index in [9.17, 15) is 40.5 Å². The lowest BCUT2D eigenvalue weighted by Crippen LogP contribution is -2.60. The van der Waals surface area contributed by atoms with E-state index in [-0.39, 0.29) is 39.5 Å². The summed E-state index contributed by atoms with van der Waals surface area (Å²) >= 11 is 0. The van der Waals surface area contributed by atoms with Gasteiger partial charge in [0.1, 0.15) is 52.6 Å². The largest absolute Gasteiger partial charge is 0.508 e. The Labute approximate surface area is 179 Å². The first-order valence-corrected chi connectivity index (χ1v) is 9.50. The number of benzene rings is 2. The van der Waals surface area contributed by atoms with Gasteiger partial charge in [-0.2, -0.15) is 0 Å². The molecule has 7 N–H and O–H groups in total. The molecule has 11 nitrogen and oxygen atoms in total. The van der Waals surface area contributed by atoms with Crippen LogP contribution in [0.5, 0.6) is 23.0 Å². The average Bonchev–Trinajstić information content (AvgIpc) is 2.75. The van der Waals surface area contributed by atoms with Gasteiger partial charge in [-0.05, 0) is 18.2 Å². The quantitative estimate of drug-likeness (QED) is 0.261. The molecule has 4 rings (SSSR count). The van der Waals surface area contributed by atoms with E-state index in [2.05, 4.69) is 0 Å². The highest BCUT2D eigenvalue weighted by Crippen LogP contribution is 2.35. The van der Waals surface area contributed by atoms with Crippen molar-refractivity contribution in [1.29, 1.82) is 0 Å². The Bertz CT molecular complexity index is 1200. The molecule has 0 unspecified atom stereocenters. The number of fused-ring (bicyclic) bond motifs is 1. The van der Waals surface area contributed by atoms with Gasteiger partial charge in [-0.15, -0.1) is 0 Å². The van der Waals surface area contributed by atoms with E-state index in [4.69, 9.17) is 13.9 Å². The molecule has 1 saturated heterocycles. The second-order valence-corrected chi connectivity index (χ2v) is 7.31. The van der Waals surface area contributed by atoms with Gasteiger partial charge in [-0.3, -0.25) is 4.79 Å². The Kier molecular flexibility index (Phi) is 5.67. The molecule has 0 amide bonds. The Morgan fingerprint density at radius 1 is 0.906 bits per heavy atom. The number of hydrogen-bond donors (Lipinski definition) is 7.